The van der Waals surface area contributed by atoms with Crippen molar-refractivity contribution in [3.63, 3.8) is 0 Å². The van der Waals surface area contributed by atoms with E-state index in [9.17, 15) is 14.9 Å². The lowest BCUT2D eigenvalue weighted by molar-refractivity contribution is -0.385. The molecular weight excluding hydrogens is 310 g/mol. The Morgan fingerprint density at radius 2 is 2.00 bits per heavy atom. The maximum atomic E-state index is 12.1. The molecule has 0 aliphatic heterocycles. The second-order valence-electron chi connectivity index (χ2n) is 6.50. The number of aliphatic hydroxyl groups is 1. The fraction of sp³-hybridized carbons (Fsp3) is 0.588. The molecule has 0 aromatic heterocycles. The van der Waals surface area contributed by atoms with E-state index in [0.29, 0.717) is 30.1 Å². The third-order valence-electron chi connectivity index (χ3n) is 3.97. The lowest BCUT2D eigenvalue weighted by Crippen LogP contribution is -2.34. The lowest BCUT2D eigenvalue weighted by atomic mass is 9.94. The number of nitro groups is 1. The summed E-state index contributed by atoms with van der Waals surface area (Å²) in [5, 5.41) is 25.6. The van der Waals surface area contributed by atoms with Crippen LogP contribution in [0.25, 0.3) is 0 Å². The number of amides is 2. The minimum absolute atomic E-state index is 0.0196. The van der Waals surface area contributed by atoms with Crippen molar-refractivity contribution in [1.29, 1.82) is 0 Å². The van der Waals surface area contributed by atoms with Gasteiger partial charge in [-0.05, 0) is 44.1 Å². The smallest absolute Gasteiger partial charge is 0.319 e. The van der Waals surface area contributed by atoms with E-state index in [-0.39, 0.29) is 18.2 Å². The number of urea groups is 1. The van der Waals surface area contributed by atoms with Gasteiger partial charge in [-0.15, -0.1) is 0 Å². The summed E-state index contributed by atoms with van der Waals surface area (Å²) >= 11 is 0. The summed E-state index contributed by atoms with van der Waals surface area (Å²) < 4.78 is 0. The van der Waals surface area contributed by atoms with E-state index in [4.69, 9.17) is 5.11 Å². The van der Waals surface area contributed by atoms with Crippen molar-refractivity contribution in [3.05, 3.63) is 33.4 Å². The van der Waals surface area contributed by atoms with Crippen LogP contribution in [0.1, 0.15) is 37.8 Å². The zero-order chi connectivity index (χ0) is 18.3. The molecule has 134 valence electrons. The Hall–Kier alpha value is -2.15. The summed E-state index contributed by atoms with van der Waals surface area (Å²) in [5.74, 6) is 0.681. The van der Waals surface area contributed by atoms with Gasteiger partial charge in [0.25, 0.3) is 5.69 Å². The average molecular weight is 337 g/mol. The van der Waals surface area contributed by atoms with Crippen molar-refractivity contribution < 1.29 is 14.8 Å². The van der Waals surface area contributed by atoms with E-state index in [1.807, 2.05) is 0 Å². The van der Waals surface area contributed by atoms with Gasteiger partial charge in [-0.3, -0.25) is 10.1 Å². The van der Waals surface area contributed by atoms with Gasteiger partial charge >= 0.3 is 6.03 Å². The molecule has 0 fully saturated rings. The first-order valence-corrected chi connectivity index (χ1v) is 8.16. The molecule has 7 nitrogen and oxygen atoms in total. The highest BCUT2D eigenvalue weighted by molar-refractivity contribution is 5.91. The van der Waals surface area contributed by atoms with Crippen LogP contribution in [0, 0.1) is 35.8 Å². The third kappa shape index (κ3) is 5.81. The van der Waals surface area contributed by atoms with Crippen molar-refractivity contribution in [1.82, 2.24) is 5.32 Å². The number of nitro benzene ring substituents is 1. The van der Waals surface area contributed by atoms with Gasteiger partial charge in [0, 0.05) is 19.2 Å². The Labute approximate surface area is 142 Å². The van der Waals surface area contributed by atoms with Crippen LogP contribution in [0.5, 0.6) is 0 Å². The Balaban J connectivity index is 2.74. The molecule has 7 heteroatoms. The van der Waals surface area contributed by atoms with Crippen molar-refractivity contribution in [2.75, 3.05) is 18.5 Å². The molecule has 0 bridgehead atoms. The first-order chi connectivity index (χ1) is 11.3. The van der Waals surface area contributed by atoms with Crippen LogP contribution >= 0.6 is 0 Å². The van der Waals surface area contributed by atoms with Gasteiger partial charge in [-0.2, -0.15) is 0 Å². The second kappa shape index (κ2) is 9.22. The summed E-state index contributed by atoms with van der Waals surface area (Å²) in [5.41, 5.74) is 1.64. The molecule has 0 aliphatic carbocycles. The third-order valence-corrected chi connectivity index (χ3v) is 3.97. The summed E-state index contributed by atoms with van der Waals surface area (Å²) in [7, 11) is 0. The number of aryl methyl sites for hydroxylation is 1. The first kappa shape index (κ1) is 19.9. The van der Waals surface area contributed by atoms with Crippen molar-refractivity contribution in [2.24, 2.45) is 11.8 Å². The maximum absolute atomic E-state index is 12.1. The molecule has 2 amide bonds. The predicted molar refractivity (Wildman–Crippen MR) is 94.2 cm³/mol. The Morgan fingerprint density at radius 3 is 2.54 bits per heavy atom. The first-order valence-electron chi connectivity index (χ1n) is 8.16. The number of aliphatic hydroxyl groups excluding tert-OH is 1. The number of carbonyl (C=O) groups excluding carboxylic acids is 1. The molecule has 1 unspecified atom stereocenters. The zero-order valence-electron chi connectivity index (χ0n) is 14.8. The van der Waals surface area contributed by atoms with Crippen LogP contribution in [-0.4, -0.2) is 29.2 Å². The Kier molecular flexibility index (Phi) is 7.64. The molecule has 1 rings (SSSR count). The average Bonchev–Trinajstić information content (AvgIpc) is 2.48. The molecule has 0 saturated carbocycles. The Bertz CT molecular complexity index is 587. The molecule has 0 radical (unpaired) electrons. The number of rotatable bonds is 8. The number of benzene rings is 1. The highest BCUT2D eigenvalue weighted by Gasteiger charge is 2.18. The maximum Gasteiger partial charge on any atom is 0.319 e. The number of hydrogen-bond acceptors (Lipinski definition) is 4. The second-order valence-corrected chi connectivity index (χ2v) is 6.50. The van der Waals surface area contributed by atoms with Gasteiger partial charge in [-0.1, -0.05) is 19.9 Å². The Morgan fingerprint density at radius 1 is 1.33 bits per heavy atom. The van der Waals surface area contributed by atoms with E-state index < -0.39 is 11.0 Å². The van der Waals surface area contributed by atoms with E-state index in [1.54, 1.807) is 19.9 Å². The molecule has 1 atom stereocenters. The largest absolute Gasteiger partial charge is 0.396 e. The SMILES string of the molecule is Cc1ccc([N+](=O)[O-])c(C)c1NC(=O)NCC(CCO)CC(C)C. The molecule has 3 N–H and O–H groups in total. The van der Waals surface area contributed by atoms with E-state index in [0.717, 1.165) is 12.0 Å². The van der Waals surface area contributed by atoms with Crippen LogP contribution in [0.2, 0.25) is 0 Å². The van der Waals surface area contributed by atoms with Crippen LogP contribution in [-0.2, 0) is 0 Å². The fourth-order valence-corrected chi connectivity index (χ4v) is 2.77. The lowest BCUT2D eigenvalue weighted by Gasteiger charge is -2.19. The van der Waals surface area contributed by atoms with Crippen molar-refractivity contribution in [2.45, 2.75) is 40.5 Å². The number of nitrogens with zero attached hydrogens (tertiary/aromatic N) is 1. The molecule has 0 spiro atoms. The normalized spacial score (nSPS) is 12.1. The number of anilines is 1. The van der Waals surface area contributed by atoms with Crippen molar-refractivity contribution >= 4 is 17.4 Å². The highest BCUT2D eigenvalue weighted by Crippen LogP contribution is 2.28. The minimum Gasteiger partial charge on any atom is -0.396 e. The standard InChI is InChI=1S/C17H27N3O4/c1-11(2)9-14(7-8-21)10-18-17(22)19-16-12(3)5-6-15(13(16)4)20(23)24/h5-6,11,14,21H,7-10H2,1-4H3,(H2,18,19,22). The summed E-state index contributed by atoms with van der Waals surface area (Å²) in [4.78, 5) is 22.7. The minimum atomic E-state index is -0.461. The highest BCUT2D eigenvalue weighted by atomic mass is 16.6. The molecule has 0 saturated heterocycles. The van der Waals surface area contributed by atoms with Gasteiger partial charge in [0.15, 0.2) is 0 Å². The van der Waals surface area contributed by atoms with Gasteiger partial charge in [0.05, 0.1) is 16.2 Å². The summed E-state index contributed by atoms with van der Waals surface area (Å²) in [6.07, 6.45) is 1.54. The monoisotopic (exact) mass is 337 g/mol. The summed E-state index contributed by atoms with van der Waals surface area (Å²) in [6, 6.07) is 2.66. The summed E-state index contributed by atoms with van der Waals surface area (Å²) in [6.45, 7) is 8.15. The number of hydrogen-bond donors (Lipinski definition) is 3. The molecule has 0 heterocycles. The van der Waals surface area contributed by atoms with Crippen LogP contribution < -0.4 is 10.6 Å². The van der Waals surface area contributed by atoms with E-state index in [2.05, 4.69) is 24.5 Å². The zero-order valence-corrected chi connectivity index (χ0v) is 14.8. The molecule has 1 aromatic carbocycles. The topological polar surface area (TPSA) is 105 Å². The van der Waals surface area contributed by atoms with Gasteiger partial charge < -0.3 is 15.7 Å². The molecular formula is C17H27N3O4. The van der Waals surface area contributed by atoms with Gasteiger partial charge in [0.1, 0.15) is 0 Å². The van der Waals surface area contributed by atoms with Crippen LogP contribution in [0.4, 0.5) is 16.2 Å². The molecule has 0 aliphatic rings. The van der Waals surface area contributed by atoms with E-state index in [1.165, 1.54) is 6.07 Å². The van der Waals surface area contributed by atoms with Crippen LogP contribution in [0.15, 0.2) is 12.1 Å². The van der Waals surface area contributed by atoms with Gasteiger partial charge in [0.2, 0.25) is 0 Å². The van der Waals surface area contributed by atoms with Gasteiger partial charge in [-0.25, -0.2) is 4.79 Å². The molecule has 24 heavy (non-hydrogen) atoms. The number of carbonyl (C=O) groups is 1. The van der Waals surface area contributed by atoms with Crippen LogP contribution in [0.3, 0.4) is 0 Å². The van der Waals surface area contributed by atoms with Crippen molar-refractivity contribution in [3.8, 4) is 0 Å². The number of nitrogens with one attached hydrogen (secondary N) is 2. The predicted octanol–water partition coefficient (Wildman–Crippen LogP) is 3.38. The molecule has 1 aromatic rings. The quantitative estimate of drug-likeness (QED) is 0.499. The fourth-order valence-electron chi connectivity index (χ4n) is 2.77. The van der Waals surface area contributed by atoms with E-state index >= 15 is 0 Å².